The van der Waals surface area contributed by atoms with Gasteiger partial charge in [0.1, 0.15) is 0 Å². The third kappa shape index (κ3) is 2.61. The third-order valence-electron chi connectivity index (χ3n) is 3.73. The van der Waals surface area contributed by atoms with E-state index < -0.39 is 0 Å². The first kappa shape index (κ1) is 13.7. The van der Waals surface area contributed by atoms with Crippen LogP contribution >= 0.6 is 11.6 Å². The maximum atomic E-state index is 11.0. The summed E-state index contributed by atoms with van der Waals surface area (Å²) in [7, 11) is 0. The van der Waals surface area contributed by atoms with Crippen LogP contribution in [-0.2, 0) is 6.42 Å². The molecule has 3 rings (SSSR count). The average Bonchev–Trinajstić information content (AvgIpc) is 2.96. The van der Waals surface area contributed by atoms with Crippen LogP contribution in [0.1, 0.15) is 15.9 Å². The Morgan fingerprint density at radius 1 is 1.30 bits per heavy atom. The Bertz CT molecular complexity index is 516. The quantitative estimate of drug-likeness (QED) is 0.850. The molecule has 108 valence electrons. The molecule has 0 spiro atoms. The summed E-state index contributed by atoms with van der Waals surface area (Å²) in [6.07, 6.45) is 1.54. The number of nitrogens with zero attached hydrogens (tertiary/aromatic N) is 1. The van der Waals surface area contributed by atoms with E-state index in [4.69, 9.17) is 21.1 Å². The van der Waals surface area contributed by atoms with Gasteiger partial charge in [0.2, 0.25) is 6.79 Å². The van der Waals surface area contributed by atoms with Gasteiger partial charge in [0.15, 0.2) is 17.8 Å². The summed E-state index contributed by atoms with van der Waals surface area (Å²) in [4.78, 5) is 13.4. The summed E-state index contributed by atoms with van der Waals surface area (Å²) in [5, 5.41) is 3.91. The fourth-order valence-electron chi connectivity index (χ4n) is 2.64. The number of halogens is 1. The monoisotopic (exact) mass is 296 g/mol. The second-order valence-electron chi connectivity index (χ2n) is 4.95. The molecule has 5 nitrogen and oxygen atoms in total. The smallest absolute Gasteiger partial charge is 0.231 e. The first-order valence-corrected chi connectivity index (χ1v) is 7.16. The van der Waals surface area contributed by atoms with Gasteiger partial charge in [0.05, 0.1) is 5.56 Å². The zero-order valence-corrected chi connectivity index (χ0v) is 11.9. The van der Waals surface area contributed by atoms with Gasteiger partial charge in [-0.15, -0.1) is 0 Å². The summed E-state index contributed by atoms with van der Waals surface area (Å²) in [6, 6.07) is 1.66. The van der Waals surface area contributed by atoms with Gasteiger partial charge in [-0.3, -0.25) is 4.79 Å². The van der Waals surface area contributed by atoms with Gasteiger partial charge in [0.25, 0.3) is 0 Å². The number of hydrogen-bond donors (Lipinski definition) is 1. The van der Waals surface area contributed by atoms with Crippen LogP contribution in [0.15, 0.2) is 6.07 Å². The van der Waals surface area contributed by atoms with Crippen LogP contribution in [0.3, 0.4) is 0 Å². The van der Waals surface area contributed by atoms with Crippen molar-refractivity contribution < 1.29 is 14.3 Å². The lowest BCUT2D eigenvalue weighted by atomic mass is 10.1. The van der Waals surface area contributed by atoms with Crippen LogP contribution in [0.2, 0.25) is 5.02 Å². The second-order valence-corrected chi connectivity index (χ2v) is 5.36. The predicted octanol–water partition coefficient (Wildman–Crippen LogP) is 1.33. The molecule has 2 heterocycles. The fraction of sp³-hybridized carbons (Fsp3) is 0.500. The number of carbonyl (C=O) groups is 1. The Morgan fingerprint density at radius 2 is 2.05 bits per heavy atom. The highest BCUT2D eigenvalue weighted by Crippen LogP contribution is 2.42. The molecule has 0 radical (unpaired) electrons. The standard InChI is InChI=1S/C14H17ClN2O3/c15-12-7-10(8-18)13-14(20-9-19-13)11(12)1-4-17-5-2-16-3-6-17/h7-8,16H,1-6,9H2. The van der Waals surface area contributed by atoms with Gasteiger partial charge in [0, 0.05) is 43.3 Å². The molecular formula is C14H17ClN2O3. The fourth-order valence-corrected chi connectivity index (χ4v) is 2.94. The van der Waals surface area contributed by atoms with E-state index in [1.807, 2.05) is 0 Å². The summed E-state index contributed by atoms with van der Waals surface area (Å²) in [6.45, 7) is 5.22. The molecule has 0 saturated carbocycles. The Hall–Kier alpha value is -1.30. The number of nitrogens with one attached hydrogen (secondary N) is 1. The number of ether oxygens (including phenoxy) is 2. The van der Waals surface area contributed by atoms with Crippen molar-refractivity contribution in [2.45, 2.75) is 6.42 Å². The first-order valence-electron chi connectivity index (χ1n) is 6.79. The molecule has 0 aromatic heterocycles. The SMILES string of the molecule is O=Cc1cc(Cl)c(CCN2CCNCC2)c2c1OCO2. The van der Waals surface area contributed by atoms with Gasteiger partial charge in [-0.2, -0.15) is 0 Å². The number of piperazine rings is 1. The zero-order chi connectivity index (χ0) is 13.9. The molecule has 6 heteroatoms. The topological polar surface area (TPSA) is 50.8 Å². The number of carbonyl (C=O) groups excluding carboxylic acids is 1. The molecule has 0 atom stereocenters. The minimum absolute atomic E-state index is 0.150. The first-order chi connectivity index (χ1) is 9.79. The minimum atomic E-state index is 0.150. The van der Waals surface area contributed by atoms with Crippen LogP contribution in [-0.4, -0.2) is 50.7 Å². The highest BCUT2D eigenvalue weighted by atomic mass is 35.5. The Labute approximate surface area is 122 Å². The Morgan fingerprint density at radius 3 is 2.80 bits per heavy atom. The van der Waals surface area contributed by atoms with Crippen molar-refractivity contribution in [2.24, 2.45) is 0 Å². The third-order valence-corrected chi connectivity index (χ3v) is 4.07. The lowest BCUT2D eigenvalue weighted by Crippen LogP contribution is -2.44. The molecule has 0 amide bonds. The van der Waals surface area contributed by atoms with Crippen molar-refractivity contribution in [3.63, 3.8) is 0 Å². The van der Waals surface area contributed by atoms with E-state index in [-0.39, 0.29) is 6.79 Å². The number of hydrogen-bond acceptors (Lipinski definition) is 5. The molecule has 1 N–H and O–H groups in total. The molecule has 2 aliphatic rings. The number of rotatable bonds is 4. The van der Waals surface area contributed by atoms with Crippen molar-refractivity contribution in [3.05, 3.63) is 22.2 Å². The molecule has 2 aliphatic heterocycles. The second kappa shape index (κ2) is 5.99. The van der Waals surface area contributed by atoms with E-state index in [1.165, 1.54) is 0 Å². The van der Waals surface area contributed by atoms with Crippen molar-refractivity contribution in [1.82, 2.24) is 10.2 Å². The lowest BCUT2D eigenvalue weighted by molar-refractivity contribution is 0.111. The molecule has 1 aromatic rings. The molecule has 0 bridgehead atoms. The van der Waals surface area contributed by atoms with Crippen molar-refractivity contribution in [2.75, 3.05) is 39.5 Å². The predicted molar refractivity (Wildman–Crippen MR) is 76.0 cm³/mol. The van der Waals surface area contributed by atoms with Crippen LogP contribution < -0.4 is 14.8 Å². The van der Waals surface area contributed by atoms with E-state index in [1.54, 1.807) is 6.07 Å². The van der Waals surface area contributed by atoms with E-state index in [0.29, 0.717) is 22.1 Å². The number of aldehydes is 1. The molecule has 1 saturated heterocycles. The van der Waals surface area contributed by atoms with Crippen molar-refractivity contribution >= 4 is 17.9 Å². The molecular weight excluding hydrogens is 280 g/mol. The maximum absolute atomic E-state index is 11.0. The number of fused-ring (bicyclic) bond motifs is 1. The lowest BCUT2D eigenvalue weighted by Gasteiger charge is -2.27. The van der Waals surface area contributed by atoms with Gasteiger partial charge >= 0.3 is 0 Å². The van der Waals surface area contributed by atoms with Gasteiger partial charge in [-0.05, 0) is 12.5 Å². The Balaban J connectivity index is 1.79. The van der Waals surface area contributed by atoms with E-state index >= 15 is 0 Å². The zero-order valence-electron chi connectivity index (χ0n) is 11.2. The molecule has 0 aliphatic carbocycles. The van der Waals surface area contributed by atoms with Crippen LogP contribution in [0.4, 0.5) is 0 Å². The normalized spacial score (nSPS) is 18.2. The van der Waals surface area contributed by atoms with Gasteiger partial charge in [-0.1, -0.05) is 11.6 Å². The molecule has 20 heavy (non-hydrogen) atoms. The molecule has 1 fully saturated rings. The number of benzene rings is 1. The summed E-state index contributed by atoms with van der Waals surface area (Å²) in [5.74, 6) is 1.16. The van der Waals surface area contributed by atoms with Crippen LogP contribution in [0.5, 0.6) is 11.5 Å². The van der Waals surface area contributed by atoms with E-state index in [0.717, 1.165) is 51.0 Å². The summed E-state index contributed by atoms with van der Waals surface area (Å²) >= 11 is 6.28. The van der Waals surface area contributed by atoms with Gasteiger partial charge in [-0.25, -0.2) is 0 Å². The Kier molecular flexibility index (Phi) is 4.10. The highest BCUT2D eigenvalue weighted by Gasteiger charge is 2.24. The van der Waals surface area contributed by atoms with Crippen molar-refractivity contribution in [3.8, 4) is 11.5 Å². The highest BCUT2D eigenvalue weighted by molar-refractivity contribution is 6.32. The minimum Gasteiger partial charge on any atom is -0.453 e. The van der Waals surface area contributed by atoms with Crippen LogP contribution in [0, 0.1) is 0 Å². The van der Waals surface area contributed by atoms with Crippen LogP contribution in [0.25, 0.3) is 0 Å². The molecule has 1 aromatic carbocycles. The largest absolute Gasteiger partial charge is 0.453 e. The van der Waals surface area contributed by atoms with Gasteiger partial charge < -0.3 is 19.7 Å². The summed E-state index contributed by atoms with van der Waals surface area (Å²) < 4.78 is 10.9. The van der Waals surface area contributed by atoms with E-state index in [9.17, 15) is 4.79 Å². The average molecular weight is 297 g/mol. The summed E-state index contributed by atoms with van der Waals surface area (Å²) in [5.41, 5.74) is 1.39. The van der Waals surface area contributed by atoms with Crippen molar-refractivity contribution in [1.29, 1.82) is 0 Å². The molecule has 0 unspecified atom stereocenters. The maximum Gasteiger partial charge on any atom is 0.231 e. The van der Waals surface area contributed by atoms with E-state index in [2.05, 4.69) is 10.2 Å².